The van der Waals surface area contributed by atoms with Crippen LogP contribution in [0.15, 0.2) is 0 Å². The monoisotopic (exact) mass is 405 g/mol. The zero-order valence-corrected chi connectivity index (χ0v) is 19.1. The molecule has 0 saturated carbocycles. The Hall–Kier alpha value is -1.44. The Morgan fingerprint density at radius 2 is 2.00 bits per heavy atom. The van der Waals surface area contributed by atoms with Gasteiger partial charge in [-0.3, -0.25) is 14.4 Å². The summed E-state index contributed by atoms with van der Waals surface area (Å²) in [5.41, 5.74) is 3.14. The second kappa shape index (κ2) is 9.14. The molecule has 0 spiro atoms. The fourth-order valence-electron chi connectivity index (χ4n) is 4.42. The molecule has 1 unspecified atom stereocenters. The molecule has 0 radical (unpaired) electrons. The number of aromatic nitrogens is 2. The predicted molar refractivity (Wildman–Crippen MR) is 115 cm³/mol. The van der Waals surface area contributed by atoms with E-state index in [4.69, 9.17) is 9.84 Å². The molecule has 1 fully saturated rings. The first-order valence-electron chi connectivity index (χ1n) is 11.1. The van der Waals surface area contributed by atoms with Crippen LogP contribution in [0.2, 0.25) is 0 Å². The van der Waals surface area contributed by atoms with Gasteiger partial charge in [-0.15, -0.1) is 0 Å². The summed E-state index contributed by atoms with van der Waals surface area (Å²) in [4.78, 5) is 16.9. The molecular formula is C22H39N5O2. The van der Waals surface area contributed by atoms with Crippen molar-refractivity contribution in [2.45, 2.75) is 65.1 Å². The van der Waals surface area contributed by atoms with Crippen LogP contribution in [0.1, 0.15) is 55.9 Å². The zero-order valence-electron chi connectivity index (χ0n) is 19.1. The molecule has 164 valence electrons. The summed E-state index contributed by atoms with van der Waals surface area (Å²) >= 11 is 0. The molecule has 1 saturated heterocycles. The van der Waals surface area contributed by atoms with Gasteiger partial charge in [0.05, 0.1) is 13.2 Å². The lowest BCUT2D eigenvalue weighted by Crippen LogP contribution is -2.56. The number of carbonyl (C=O) groups is 1. The highest BCUT2D eigenvalue weighted by Gasteiger charge is 2.32. The van der Waals surface area contributed by atoms with Crippen molar-refractivity contribution in [1.29, 1.82) is 0 Å². The first-order chi connectivity index (χ1) is 13.7. The van der Waals surface area contributed by atoms with Gasteiger partial charge in [-0.05, 0) is 39.0 Å². The van der Waals surface area contributed by atoms with Gasteiger partial charge in [0.1, 0.15) is 0 Å². The van der Waals surface area contributed by atoms with E-state index in [9.17, 15) is 4.79 Å². The molecule has 1 atom stereocenters. The summed E-state index contributed by atoms with van der Waals surface area (Å²) < 4.78 is 7.59. The minimum Gasteiger partial charge on any atom is -0.379 e. The van der Waals surface area contributed by atoms with Crippen molar-refractivity contribution in [3.8, 4) is 0 Å². The van der Waals surface area contributed by atoms with Crippen LogP contribution in [0.4, 0.5) is 0 Å². The third-order valence-electron chi connectivity index (χ3n) is 6.18. The van der Waals surface area contributed by atoms with E-state index >= 15 is 0 Å². The van der Waals surface area contributed by atoms with Crippen molar-refractivity contribution in [1.82, 2.24) is 24.9 Å². The van der Waals surface area contributed by atoms with Crippen molar-refractivity contribution in [2.24, 2.45) is 5.92 Å². The van der Waals surface area contributed by atoms with Crippen LogP contribution < -0.4 is 5.32 Å². The van der Waals surface area contributed by atoms with Crippen LogP contribution in [0.5, 0.6) is 0 Å². The lowest BCUT2D eigenvalue weighted by molar-refractivity contribution is -0.0104. The number of carbonyl (C=O) groups excluding carboxylic acids is 1. The standard InChI is InChI=1S/C22H39N5O2/c1-16(2)14-27-19-8-7-17(13-18(19)20(24-27)21(28)25(5)6)23-15-22(3,4)26-9-11-29-12-10-26/h16-17,23H,7-15H2,1-6H3. The Kier molecular flexibility index (Phi) is 7.02. The lowest BCUT2D eigenvalue weighted by Gasteiger charge is -2.42. The number of morpholine rings is 1. The number of hydrogen-bond donors (Lipinski definition) is 1. The van der Waals surface area contributed by atoms with Gasteiger partial charge in [-0.2, -0.15) is 5.10 Å². The normalized spacial score (nSPS) is 20.7. The van der Waals surface area contributed by atoms with E-state index in [-0.39, 0.29) is 11.4 Å². The molecule has 7 heteroatoms. The molecule has 1 aliphatic heterocycles. The molecule has 7 nitrogen and oxygen atoms in total. The Balaban J connectivity index is 1.71. The van der Waals surface area contributed by atoms with E-state index in [1.165, 1.54) is 5.69 Å². The Labute approximate surface area is 175 Å². The molecule has 2 heterocycles. The highest BCUT2D eigenvalue weighted by molar-refractivity contribution is 5.93. The molecule has 1 amide bonds. The van der Waals surface area contributed by atoms with Gasteiger partial charge in [0.25, 0.3) is 5.91 Å². The van der Waals surface area contributed by atoms with Crippen molar-refractivity contribution < 1.29 is 9.53 Å². The van der Waals surface area contributed by atoms with E-state index < -0.39 is 0 Å². The zero-order chi connectivity index (χ0) is 21.2. The van der Waals surface area contributed by atoms with Crippen LogP contribution in [0, 0.1) is 5.92 Å². The van der Waals surface area contributed by atoms with Gasteiger partial charge >= 0.3 is 0 Å². The lowest BCUT2D eigenvalue weighted by atomic mass is 9.90. The summed E-state index contributed by atoms with van der Waals surface area (Å²) in [6, 6.07) is 0.383. The first kappa shape index (κ1) is 22.2. The van der Waals surface area contributed by atoms with Crippen molar-refractivity contribution in [3.63, 3.8) is 0 Å². The largest absolute Gasteiger partial charge is 0.379 e. The second-order valence-corrected chi connectivity index (χ2v) is 9.78. The van der Waals surface area contributed by atoms with Crippen LogP contribution in [-0.2, 0) is 24.1 Å². The Bertz CT molecular complexity index is 704. The number of hydrogen-bond acceptors (Lipinski definition) is 5. The molecule has 1 N–H and O–H groups in total. The number of fused-ring (bicyclic) bond motifs is 1. The molecule has 29 heavy (non-hydrogen) atoms. The molecule has 3 rings (SSSR count). The van der Waals surface area contributed by atoms with Gasteiger partial charge in [0, 0.05) is 63.1 Å². The van der Waals surface area contributed by atoms with Gasteiger partial charge < -0.3 is 15.0 Å². The number of nitrogens with zero attached hydrogens (tertiary/aromatic N) is 4. The highest BCUT2D eigenvalue weighted by atomic mass is 16.5. The average Bonchev–Trinajstić information content (AvgIpc) is 3.03. The van der Waals surface area contributed by atoms with Crippen molar-refractivity contribution >= 4 is 5.91 Å². The van der Waals surface area contributed by atoms with Gasteiger partial charge in [-0.25, -0.2) is 0 Å². The molecule has 1 aromatic heterocycles. The summed E-state index contributed by atoms with van der Waals surface area (Å²) in [7, 11) is 3.61. The third kappa shape index (κ3) is 5.19. The quantitative estimate of drug-likeness (QED) is 0.750. The minimum atomic E-state index is 0.0121. The number of amides is 1. The molecule has 0 aromatic carbocycles. The van der Waals surface area contributed by atoms with Gasteiger partial charge in [-0.1, -0.05) is 13.8 Å². The maximum Gasteiger partial charge on any atom is 0.274 e. The smallest absolute Gasteiger partial charge is 0.274 e. The molecule has 2 aliphatic rings. The SMILES string of the molecule is CC(C)Cn1nc(C(=O)N(C)C)c2c1CCC(NCC(C)(C)N1CCOCC1)C2. The topological polar surface area (TPSA) is 62.6 Å². The van der Waals surface area contributed by atoms with E-state index in [0.717, 1.165) is 64.2 Å². The van der Waals surface area contributed by atoms with Gasteiger partial charge in [0.15, 0.2) is 5.69 Å². The maximum absolute atomic E-state index is 12.8. The molecule has 0 bridgehead atoms. The van der Waals surface area contributed by atoms with Crippen molar-refractivity contribution in [2.75, 3.05) is 46.9 Å². The minimum absolute atomic E-state index is 0.0121. The van der Waals surface area contributed by atoms with E-state index in [1.54, 1.807) is 19.0 Å². The summed E-state index contributed by atoms with van der Waals surface area (Å²) in [6.45, 7) is 14.4. The predicted octanol–water partition coefficient (Wildman–Crippen LogP) is 1.80. The Morgan fingerprint density at radius 1 is 1.31 bits per heavy atom. The molecular weight excluding hydrogens is 366 g/mol. The van der Waals surface area contributed by atoms with E-state index in [1.807, 2.05) is 0 Å². The van der Waals surface area contributed by atoms with Crippen molar-refractivity contribution in [3.05, 3.63) is 17.0 Å². The molecule has 1 aromatic rings. The fourth-order valence-corrected chi connectivity index (χ4v) is 4.42. The highest BCUT2D eigenvalue weighted by Crippen LogP contribution is 2.27. The Morgan fingerprint density at radius 3 is 2.62 bits per heavy atom. The number of ether oxygens (including phenoxy) is 1. The van der Waals surface area contributed by atoms with Crippen LogP contribution in [-0.4, -0.2) is 84.0 Å². The first-order valence-corrected chi connectivity index (χ1v) is 11.1. The van der Waals surface area contributed by atoms with Crippen LogP contribution in [0.25, 0.3) is 0 Å². The summed E-state index contributed by atoms with van der Waals surface area (Å²) in [5, 5.41) is 8.55. The van der Waals surface area contributed by atoms with Crippen LogP contribution >= 0.6 is 0 Å². The van der Waals surface area contributed by atoms with E-state index in [0.29, 0.717) is 17.7 Å². The average molecular weight is 406 g/mol. The van der Waals surface area contributed by atoms with E-state index in [2.05, 4.69) is 42.6 Å². The fraction of sp³-hybridized carbons (Fsp3) is 0.818. The third-order valence-corrected chi connectivity index (χ3v) is 6.18. The maximum atomic E-state index is 12.8. The number of rotatable bonds is 7. The second-order valence-electron chi connectivity index (χ2n) is 9.78. The summed E-state index contributed by atoms with van der Waals surface area (Å²) in [6.07, 6.45) is 2.94. The molecule has 1 aliphatic carbocycles. The number of nitrogens with one attached hydrogen (secondary N) is 1. The summed E-state index contributed by atoms with van der Waals surface area (Å²) in [5.74, 6) is 0.518. The van der Waals surface area contributed by atoms with Gasteiger partial charge in [0.2, 0.25) is 0 Å². The van der Waals surface area contributed by atoms with Crippen LogP contribution in [0.3, 0.4) is 0 Å².